The average Bonchev–Trinajstić information content (AvgIpc) is 2.98. The minimum absolute atomic E-state index is 0.189. The van der Waals surface area contributed by atoms with Crippen molar-refractivity contribution >= 4 is 17.6 Å². The fourth-order valence-electron chi connectivity index (χ4n) is 2.45. The molecule has 0 atom stereocenters. The molecule has 1 heterocycles. The Hall–Kier alpha value is -3.48. The van der Waals surface area contributed by atoms with Crippen LogP contribution < -0.4 is 10.1 Å². The number of benzene rings is 2. The van der Waals surface area contributed by atoms with Gasteiger partial charge in [-0.3, -0.25) is 4.79 Å². The van der Waals surface area contributed by atoms with E-state index < -0.39 is 11.8 Å². The van der Waals surface area contributed by atoms with Crippen molar-refractivity contribution in [2.75, 3.05) is 5.32 Å². The normalized spacial score (nSPS) is 10.4. The molecule has 132 valence electrons. The second-order valence-electron chi connectivity index (χ2n) is 5.60. The predicted octanol–water partition coefficient (Wildman–Crippen LogP) is 3.50. The van der Waals surface area contributed by atoms with Gasteiger partial charge in [-0.05, 0) is 43.3 Å². The Morgan fingerprint density at radius 3 is 2.46 bits per heavy atom. The SMILES string of the molecule is CC(=O)Nc1ccc(OC(=O)c2cnn(-c3ccccc3F)c2C)cc1. The number of anilines is 1. The fraction of sp³-hybridized carbons (Fsp3) is 0.105. The molecule has 3 aromatic rings. The number of nitrogens with one attached hydrogen (secondary N) is 1. The molecule has 0 aliphatic carbocycles. The summed E-state index contributed by atoms with van der Waals surface area (Å²) in [5.74, 6) is -0.905. The lowest BCUT2D eigenvalue weighted by Gasteiger charge is -2.07. The fourth-order valence-corrected chi connectivity index (χ4v) is 2.45. The molecule has 7 heteroatoms. The summed E-state index contributed by atoms with van der Waals surface area (Å²) < 4.78 is 20.6. The number of para-hydroxylation sites is 1. The van der Waals surface area contributed by atoms with Crippen LogP contribution in [0, 0.1) is 12.7 Å². The molecule has 1 amide bonds. The van der Waals surface area contributed by atoms with Gasteiger partial charge < -0.3 is 10.1 Å². The lowest BCUT2D eigenvalue weighted by atomic mass is 10.2. The lowest BCUT2D eigenvalue weighted by molar-refractivity contribution is -0.114. The van der Waals surface area contributed by atoms with Gasteiger partial charge in [0.25, 0.3) is 0 Å². The molecule has 0 unspecified atom stereocenters. The molecule has 0 fully saturated rings. The molecule has 0 bridgehead atoms. The second kappa shape index (κ2) is 7.18. The summed E-state index contributed by atoms with van der Waals surface area (Å²) in [5, 5.41) is 6.71. The van der Waals surface area contributed by atoms with Crippen LogP contribution in [0.25, 0.3) is 5.69 Å². The number of esters is 1. The molecular formula is C19H16FN3O3. The first-order valence-corrected chi connectivity index (χ1v) is 7.85. The van der Waals surface area contributed by atoms with E-state index in [4.69, 9.17) is 4.74 Å². The van der Waals surface area contributed by atoms with Crippen molar-refractivity contribution in [3.8, 4) is 11.4 Å². The first-order chi connectivity index (χ1) is 12.5. The van der Waals surface area contributed by atoms with Crippen molar-refractivity contribution in [2.45, 2.75) is 13.8 Å². The summed E-state index contributed by atoms with van der Waals surface area (Å²) in [6.45, 7) is 3.07. The van der Waals surface area contributed by atoms with Crippen molar-refractivity contribution in [2.24, 2.45) is 0 Å². The predicted molar refractivity (Wildman–Crippen MR) is 94.0 cm³/mol. The topological polar surface area (TPSA) is 73.2 Å². The van der Waals surface area contributed by atoms with E-state index >= 15 is 0 Å². The molecule has 6 nitrogen and oxygen atoms in total. The van der Waals surface area contributed by atoms with Crippen molar-refractivity contribution in [1.82, 2.24) is 9.78 Å². The first-order valence-electron chi connectivity index (χ1n) is 7.85. The standard InChI is InChI=1S/C19H16FN3O3/c1-12-16(11-21-23(12)18-6-4-3-5-17(18)20)19(25)26-15-9-7-14(8-10-15)22-13(2)24/h3-11H,1-2H3,(H,22,24). The average molecular weight is 353 g/mol. The molecule has 3 rings (SSSR count). The Morgan fingerprint density at radius 1 is 1.12 bits per heavy atom. The highest BCUT2D eigenvalue weighted by molar-refractivity contribution is 5.92. The van der Waals surface area contributed by atoms with Crippen molar-refractivity contribution in [3.63, 3.8) is 0 Å². The van der Waals surface area contributed by atoms with Crippen molar-refractivity contribution < 1.29 is 18.7 Å². The highest BCUT2D eigenvalue weighted by Gasteiger charge is 2.18. The Morgan fingerprint density at radius 2 is 1.81 bits per heavy atom. The summed E-state index contributed by atoms with van der Waals surface area (Å²) in [4.78, 5) is 23.4. The van der Waals surface area contributed by atoms with Crippen LogP contribution in [0.2, 0.25) is 0 Å². The van der Waals surface area contributed by atoms with Crippen LogP contribution in [-0.4, -0.2) is 21.7 Å². The van der Waals surface area contributed by atoms with E-state index in [1.165, 1.54) is 23.9 Å². The van der Waals surface area contributed by atoms with Gasteiger partial charge in [0, 0.05) is 12.6 Å². The van der Waals surface area contributed by atoms with Crippen LogP contribution >= 0.6 is 0 Å². The Balaban J connectivity index is 1.79. The van der Waals surface area contributed by atoms with E-state index in [-0.39, 0.29) is 17.2 Å². The van der Waals surface area contributed by atoms with E-state index in [1.807, 2.05) is 0 Å². The van der Waals surface area contributed by atoms with Gasteiger partial charge >= 0.3 is 5.97 Å². The summed E-state index contributed by atoms with van der Waals surface area (Å²) >= 11 is 0. The molecule has 0 saturated carbocycles. The zero-order valence-corrected chi connectivity index (χ0v) is 14.2. The third-order valence-electron chi connectivity index (χ3n) is 3.70. The highest BCUT2D eigenvalue weighted by Crippen LogP contribution is 2.20. The van der Waals surface area contributed by atoms with Gasteiger partial charge in [0.15, 0.2) is 0 Å². The molecule has 0 aliphatic heterocycles. The van der Waals surface area contributed by atoms with Gasteiger partial charge in [-0.25, -0.2) is 13.9 Å². The molecule has 0 aliphatic rings. The van der Waals surface area contributed by atoms with E-state index in [2.05, 4.69) is 10.4 Å². The number of aromatic nitrogens is 2. The van der Waals surface area contributed by atoms with Crippen molar-refractivity contribution in [1.29, 1.82) is 0 Å². The molecule has 26 heavy (non-hydrogen) atoms. The maximum absolute atomic E-state index is 13.9. The Labute approximate surface area is 149 Å². The number of ether oxygens (including phenoxy) is 1. The number of carbonyl (C=O) groups is 2. The minimum Gasteiger partial charge on any atom is -0.423 e. The van der Waals surface area contributed by atoms with Gasteiger partial charge in [0.1, 0.15) is 22.8 Å². The highest BCUT2D eigenvalue weighted by atomic mass is 19.1. The van der Waals surface area contributed by atoms with Gasteiger partial charge in [0.05, 0.1) is 11.9 Å². The molecular weight excluding hydrogens is 337 g/mol. The van der Waals surface area contributed by atoms with Crippen LogP contribution in [0.5, 0.6) is 5.75 Å². The minimum atomic E-state index is -0.600. The molecule has 2 aromatic carbocycles. The third kappa shape index (κ3) is 3.61. The summed E-state index contributed by atoms with van der Waals surface area (Å²) in [6.07, 6.45) is 1.34. The lowest BCUT2D eigenvalue weighted by Crippen LogP contribution is -2.11. The van der Waals surface area contributed by atoms with E-state index in [0.29, 0.717) is 17.1 Å². The number of hydrogen-bond donors (Lipinski definition) is 1. The van der Waals surface area contributed by atoms with Crippen LogP contribution in [-0.2, 0) is 4.79 Å². The van der Waals surface area contributed by atoms with Gasteiger partial charge in [-0.2, -0.15) is 5.10 Å². The van der Waals surface area contributed by atoms with Crippen LogP contribution in [0.15, 0.2) is 54.7 Å². The Kier molecular flexibility index (Phi) is 4.79. The molecule has 0 radical (unpaired) electrons. The molecule has 0 spiro atoms. The van der Waals surface area contributed by atoms with Crippen LogP contribution in [0.1, 0.15) is 23.0 Å². The van der Waals surface area contributed by atoms with E-state index in [0.717, 1.165) is 0 Å². The second-order valence-corrected chi connectivity index (χ2v) is 5.60. The molecule has 1 aromatic heterocycles. The first kappa shape index (κ1) is 17.3. The van der Waals surface area contributed by atoms with Gasteiger partial charge in [-0.15, -0.1) is 0 Å². The summed E-state index contributed by atoms with van der Waals surface area (Å²) in [7, 11) is 0. The third-order valence-corrected chi connectivity index (χ3v) is 3.70. The largest absolute Gasteiger partial charge is 0.423 e. The summed E-state index contributed by atoms with van der Waals surface area (Å²) in [5.41, 5.74) is 1.55. The maximum Gasteiger partial charge on any atom is 0.347 e. The monoisotopic (exact) mass is 353 g/mol. The van der Waals surface area contributed by atoms with Gasteiger partial charge in [-0.1, -0.05) is 12.1 Å². The quantitative estimate of drug-likeness (QED) is 0.575. The summed E-state index contributed by atoms with van der Waals surface area (Å²) in [6, 6.07) is 12.6. The smallest absolute Gasteiger partial charge is 0.347 e. The van der Waals surface area contributed by atoms with Crippen LogP contribution in [0.3, 0.4) is 0 Å². The number of carbonyl (C=O) groups excluding carboxylic acids is 2. The van der Waals surface area contributed by atoms with E-state index in [9.17, 15) is 14.0 Å². The zero-order valence-electron chi connectivity index (χ0n) is 14.2. The van der Waals surface area contributed by atoms with Gasteiger partial charge in [0.2, 0.25) is 5.91 Å². The Bertz CT molecular complexity index is 964. The van der Waals surface area contributed by atoms with Crippen molar-refractivity contribution in [3.05, 3.63) is 71.8 Å². The number of hydrogen-bond acceptors (Lipinski definition) is 4. The number of halogens is 1. The number of amides is 1. The number of rotatable bonds is 4. The maximum atomic E-state index is 13.9. The molecule has 1 N–H and O–H groups in total. The number of nitrogens with zero attached hydrogens (tertiary/aromatic N) is 2. The van der Waals surface area contributed by atoms with Crippen LogP contribution in [0.4, 0.5) is 10.1 Å². The molecule has 0 saturated heterocycles. The zero-order chi connectivity index (χ0) is 18.7. The van der Waals surface area contributed by atoms with E-state index in [1.54, 1.807) is 49.4 Å².